The molecule has 0 aliphatic rings. The molecule has 0 unspecified atom stereocenters. The highest BCUT2D eigenvalue weighted by Crippen LogP contribution is 2.30. The molecule has 0 radical (unpaired) electrons. The maximum absolute atomic E-state index is 10.1. The van der Waals surface area contributed by atoms with Crippen LogP contribution in [0, 0.1) is 4.91 Å². The molecule has 1 aromatic carbocycles. The van der Waals surface area contributed by atoms with Crippen LogP contribution in [0.2, 0.25) is 0 Å². The Labute approximate surface area is 76.4 Å². The molecule has 0 saturated carbocycles. The third kappa shape index (κ3) is 2.62. The minimum Gasteiger partial charge on any atom is -0.395 e. The van der Waals surface area contributed by atoms with E-state index in [1.165, 1.54) is 6.07 Å². The summed E-state index contributed by atoms with van der Waals surface area (Å²) < 4.78 is 0. The Morgan fingerprint density at radius 3 is 2.31 bits per heavy atom. The first-order valence-corrected chi connectivity index (χ1v) is 3.92. The number of hydrogen-bond donors (Lipinski definition) is 2. The zero-order chi connectivity index (χ0) is 10.3. The molecule has 13 heavy (non-hydrogen) atoms. The van der Waals surface area contributed by atoms with Crippen molar-refractivity contribution in [3.8, 4) is 0 Å². The maximum atomic E-state index is 10.1. The molecule has 0 spiro atoms. The number of anilines is 1. The lowest BCUT2D eigenvalue weighted by Gasteiger charge is -1.95. The van der Waals surface area contributed by atoms with Crippen molar-refractivity contribution in [1.29, 1.82) is 0 Å². The zero-order valence-corrected chi connectivity index (χ0v) is 7.69. The molecule has 0 atom stereocenters. The van der Waals surface area contributed by atoms with Gasteiger partial charge in [0, 0.05) is 0 Å². The van der Waals surface area contributed by atoms with Gasteiger partial charge in [-0.2, -0.15) is 5.53 Å². The second kappa shape index (κ2) is 5.82. The van der Waals surface area contributed by atoms with Gasteiger partial charge in [-0.05, 0) is 22.4 Å². The monoisotopic (exact) mass is 181 g/mol. The highest BCUT2D eigenvalue weighted by Gasteiger charge is 2.04. The van der Waals surface area contributed by atoms with E-state index in [1.54, 1.807) is 12.1 Å². The number of nitroso groups, excluding NO2 is 1. The zero-order valence-electron chi connectivity index (χ0n) is 7.69. The predicted molar refractivity (Wildman–Crippen MR) is 51.7 cm³/mol. The predicted octanol–water partition coefficient (Wildman–Crippen LogP) is 1.54. The molecule has 0 amide bonds. The van der Waals surface area contributed by atoms with Gasteiger partial charge < -0.3 is 5.73 Å². The molecule has 1 rings (SSSR count). The minimum absolute atomic E-state index is 0.164. The van der Waals surface area contributed by atoms with Crippen LogP contribution in [0.4, 0.5) is 17.1 Å². The maximum Gasteiger partial charge on any atom is 0.155 e. The van der Waals surface area contributed by atoms with E-state index in [0.717, 1.165) is 0 Å². The van der Waals surface area contributed by atoms with Crippen molar-refractivity contribution in [3.05, 3.63) is 23.1 Å². The fraction of sp³-hybridized carbons (Fsp3) is 0.250. The molecular weight excluding hydrogens is 168 g/mol. The Balaban J connectivity index is 0.000000671. The van der Waals surface area contributed by atoms with E-state index in [0.29, 0.717) is 5.69 Å². The average molecular weight is 181 g/mol. The van der Waals surface area contributed by atoms with Gasteiger partial charge in [0.15, 0.2) is 5.69 Å². The lowest BCUT2D eigenvalue weighted by Crippen LogP contribution is -2.22. The van der Waals surface area contributed by atoms with Gasteiger partial charge in [-0.3, -0.25) is 0 Å². The van der Waals surface area contributed by atoms with Gasteiger partial charge in [0.25, 0.3) is 0 Å². The molecule has 0 aliphatic carbocycles. The first-order chi connectivity index (χ1) is 6.29. The van der Waals surface area contributed by atoms with Crippen molar-refractivity contribution >= 4 is 17.1 Å². The van der Waals surface area contributed by atoms with Crippen LogP contribution in [0.5, 0.6) is 0 Å². The summed E-state index contributed by atoms with van der Waals surface area (Å²) in [5.41, 5.74) is 11.2. The van der Waals surface area contributed by atoms with Gasteiger partial charge in [0.05, 0.1) is 5.69 Å². The fourth-order valence-corrected chi connectivity index (χ4v) is 0.733. The first-order valence-electron chi connectivity index (χ1n) is 3.92. The van der Waals surface area contributed by atoms with E-state index >= 15 is 0 Å². The number of para-hydroxylation sites is 1. The van der Waals surface area contributed by atoms with Crippen LogP contribution < -0.4 is 11.3 Å². The van der Waals surface area contributed by atoms with Crippen LogP contribution >= 0.6 is 0 Å². The highest BCUT2D eigenvalue weighted by molar-refractivity contribution is 5.75. The molecule has 0 saturated heterocycles. The molecule has 0 heterocycles. The summed E-state index contributed by atoms with van der Waals surface area (Å²) in [6.45, 7) is 4.00. The summed E-state index contributed by atoms with van der Waals surface area (Å²) in [5, 5.41) is 6.04. The molecule has 4 N–H and O–H groups in total. The van der Waals surface area contributed by atoms with Crippen molar-refractivity contribution in [2.75, 3.05) is 5.73 Å². The number of nitrogen functional groups attached to an aromatic ring is 1. The van der Waals surface area contributed by atoms with Gasteiger partial charge in [-0.15, -0.1) is 4.91 Å². The highest BCUT2D eigenvalue weighted by atomic mass is 16.3. The van der Waals surface area contributed by atoms with E-state index in [2.05, 4.69) is 10.3 Å². The number of nitrogens with zero attached hydrogens (tertiary/aromatic N) is 2. The Bertz CT molecular complexity index is 272. The Morgan fingerprint density at radius 1 is 1.31 bits per heavy atom. The number of nitrogens with two attached hydrogens (primary N) is 2. The van der Waals surface area contributed by atoms with E-state index < -0.39 is 0 Å². The molecule has 70 valence electrons. The quantitative estimate of drug-likeness (QED) is 0.411. The van der Waals surface area contributed by atoms with E-state index in [-0.39, 0.29) is 11.4 Å². The number of hydrogen-bond acceptors (Lipinski definition) is 4. The third-order valence-corrected chi connectivity index (χ3v) is 1.30. The van der Waals surface area contributed by atoms with E-state index in [1.807, 2.05) is 13.8 Å². The average Bonchev–Trinajstić information content (AvgIpc) is 2.21. The summed E-state index contributed by atoms with van der Waals surface area (Å²) in [6.07, 6.45) is 0. The molecule has 0 bridgehead atoms. The second-order valence-electron chi connectivity index (χ2n) is 1.93. The standard InChI is InChI=1S/C6H6N4O.C2H6/c7-6-4(9-8)2-1-3-5(6)10-11;1-2/h1-3,8H,7H2;1-2H3/p+1. The van der Waals surface area contributed by atoms with Crippen molar-refractivity contribution in [2.45, 2.75) is 13.8 Å². The van der Waals surface area contributed by atoms with Crippen LogP contribution in [-0.4, -0.2) is 0 Å². The molecule has 5 heteroatoms. The molecule has 0 fully saturated rings. The van der Waals surface area contributed by atoms with Gasteiger partial charge in [0.1, 0.15) is 5.69 Å². The van der Waals surface area contributed by atoms with Crippen molar-refractivity contribution in [2.24, 2.45) is 10.3 Å². The topological polar surface area (TPSA) is 93.4 Å². The molecule has 5 nitrogen and oxygen atoms in total. The SMILES string of the molecule is CC.Nc1c(N=[NH2+])cccc1N=O. The van der Waals surface area contributed by atoms with Crippen LogP contribution in [0.25, 0.3) is 0 Å². The summed E-state index contributed by atoms with van der Waals surface area (Å²) >= 11 is 0. The van der Waals surface area contributed by atoms with Crippen LogP contribution in [0.15, 0.2) is 28.5 Å². The fourth-order valence-electron chi connectivity index (χ4n) is 0.733. The van der Waals surface area contributed by atoms with Gasteiger partial charge in [-0.1, -0.05) is 19.9 Å². The van der Waals surface area contributed by atoms with E-state index in [9.17, 15) is 4.91 Å². The van der Waals surface area contributed by atoms with Crippen molar-refractivity contribution in [3.63, 3.8) is 0 Å². The molecule has 0 aliphatic heterocycles. The Hall–Kier alpha value is -1.78. The lowest BCUT2D eigenvalue weighted by molar-refractivity contribution is -0.210. The third-order valence-electron chi connectivity index (χ3n) is 1.30. The van der Waals surface area contributed by atoms with E-state index in [4.69, 9.17) is 11.3 Å². The van der Waals surface area contributed by atoms with Crippen LogP contribution in [-0.2, 0) is 0 Å². The summed E-state index contributed by atoms with van der Waals surface area (Å²) in [4.78, 5) is 10.1. The number of benzene rings is 1. The Kier molecular flexibility index (Phi) is 5.02. The van der Waals surface area contributed by atoms with Crippen LogP contribution in [0.1, 0.15) is 13.8 Å². The number of rotatable bonds is 2. The van der Waals surface area contributed by atoms with Gasteiger partial charge in [0.2, 0.25) is 0 Å². The summed E-state index contributed by atoms with van der Waals surface area (Å²) in [5.74, 6) is 0. The molecular formula is C8H13N4O+. The molecule has 1 aromatic rings. The summed E-state index contributed by atoms with van der Waals surface area (Å²) in [6, 6.07) is 4.71. The second-order valence-corrected chi connectivity index (χ2v) is 1.93. The van der Waals surface area contributed by atoms with Crippen LogP contribution in [0.3, 0.4) is 0 Å². The largest absolute Gasteiger partial charge is 0.395 e. The normalized spacial score (nSPS) is 8.15. The van der Waals surface area contributed by atoms with Crippen molar-refractivity contribution in [1.82, 2.24) is 0 Å². The Morgan fingerprint density at radius 2 is 1.85 bits per heavy atom. The smallest absolute Gasteiger partial charge is 0.155 e. The summed E-state index contributed by atoms with van der Waals surface area (Å²) in [7, 11) is 0. The first kappa shape index (κ1) is 11.2. The molecule has 0 aromatic heterocycles. The minimum atomic E-state index is 0.164. The van der Waals surface area contributed by atoms with Gasteiger partial charge >= 0.3 is 0 Å². The van der Waals surface area contributed by atoms with Gasteiger partial charge in [-0.25, -0.2) is 0 Å². The lowest BCUT2D eigenvalue weighted by atomic mass is 10.2. The van der Waals surface area contributed by atoms with Crippen molar-refractivity contribution < 1.29 is 5.53 Å².